The SMILES string of the molecule is CCC(N1C(=O)CC(I)(I)C1=O)N1C(=O)CC(I)(I)C1=O. The van der Waals surface area contributed by atoms with E-state index >= 15 is 0 Å². The lowest BCUT2D eigenvalue weighted by Gasteiger charge is -2.32. The predicted molar refractivity (Wildman–Crippen MR) is 109 cm³/mol. The second-order valence-electron chi connectivity index (χ2n) is 4.79. The van der Waals surface area contributed by atoms with Crippen LogP contribution >= 0.6 is 90.4 Å². The molecule has 2 aliphatic heterocycles. The van der Waals surface area contributed by atoms with Crippen molar-refractivity contribution >= 4 is 114 Å². The van der Waals surface area contributed by atoms with Gasteiger partial charge in [0.05, 0.1) is 12.8 Å². The van der Waals surface area contributed by atoms with Gasteiger partial charge in [-0.3, -0.25) is 29.0 Å². The van der Waals surface area contributed by atoms with E-state index in [2.05, 4.69) is 0 Å². The van der Waals surface area contributed by atoms with Crippen molar-refractivity contribution in [3.8, 4) is 0 Å². The van der Waals surface area contributed by atoms with Crippen LogP contribution in [0.1, 0.15) is 26.2 Å². The Bertz CT molecular complexity index is 502. The molecule has 2 aliphatic rings. The Labute approximate surface area is 176 Å². The number of imide groups is 2. The van der Waals surface area contributed by atoms with Crippen molar-refractivity contribution in [2.45, 2.75) is 35.2 Å². The molecule has 0 aromatic carbocycles. The Morgan fingerprint density at radius 1 is 0.905 bits per heavy atom. The highest BCUT2D eigenvalue weighted by Crippen LogP contribution is 2.44. The highest BCUT2D eigenvalue weighted by Gasteiger charge is 2.57. The first-order valence-electron chi connectivity index (χ1n) is 6.01. The Morgan fingerprint density at radius 2 is 1.24 bits per heavy atom. The molecule has 116 valence electrons. The van der Waals surface area contributed by atoms with Crippen molar-refractivity contribution in [1.29, 1.82) is 0 Å². The van der Waals surface area contributed by atoms with Gasteiger partial charge in [0.15, 0.2) is 2.86 Å². The van der Waals surface area contributed by atoms with Crippen molar-refractivity contribution < 1.29 is 19.2 Å². The van der Waals surface area contributed by atoms with Gasteiger partial charge in [-0.25, -0.2) is 0 Å². The van der Waals surface area contributed by atoms with Gasteiger partial charge in [-0.15, -0.1) is 0 Å². The van der Waals surface area contributed by atoms with E-state index < -0.39 is 9.02 Å². The first kappa shape index (κ1) is 18.5. The molecule has 2 heterocycles. The van der Waals surface area contributed by atoms with Crippen LogP contribution in [-0.4, -0.2) is 42.5 Å². The van der Waals surface area contributed by atoms with E-state index in [1.165, 1.54) is 0 Å². The zero-order valence-corrected chi connectivity index (χ0v) is 19.4. The number of halogens is 4. The summed E-state index contributed by atoms with van der Waals surface area (Å²) in [5.41, 5.74) is 0. The highest BCUT2D eigenvalue weighted by molar-refractivity contribution is 14.2. The van der Waals surface area contributed by atoms with Crippen LogP contribution in [0, 0.1) is 0 Å². The number of amides is 4. The maximum atomic E-state index is 12.4. The number of carbonyl (C=O) groups excluding carboxylic acids is 4. The lowest BCUT2D eigenvalue weighted by atomic mass is 10.3. The van der Waals surface area contributed by atoms with Gasteiger partial charge in [-0.1, -0.05) is 97.3 Å². The average molecular weight is 742 g/mol. The summed E-state index contributed by atoms with van der Waals surface area (Å²) in [5.74, 6) is -1.37. The van der Waals surface area contributed by atoms with Crippen molar-refractivity contribution in [2.75, 3.05) is 0 Å². The summed E-state index contributed by atoms with van der Waals surface area (Å²) >= 11 is 7.74. The van der Waals surface area contributed by atoms with E-state index in [4.69, 9.17) is 0 Å². The van der Waals surface area contributed by atoms with E-state index in [9.17, 15) is 19.2 Å². The minimum absolute atomic E-state index is 0.0826. The van der Waals surface area contributed by atoms with Crippen LogP contribution in [0.2, 0.25) is 0 Å². The van der Waals surface area contributed by atoms with Gasteiger partial charge in [0, 0.05) is 0 Å². The van der Waals surface area contributed by atoms with E-state index in [1.807, 2.05) is 90.4 Å². The van der Waals surface area contributed by atoms with Gasteiger partial charge in [-0.2, -0.15) is 0 Å². The lowest BCUT2D eigenvalue weighted by Crippen LogP contribution is -2.54. The smallest absolute Gasteiger partial charge is 0.257 e. The largest absolute Gasteiger partial charge is 0.274 e. The fraction of sp³-hybridized carbons (Fsp3) is 0.636. The number of alkyl halides is 4. The van der Waals surface area contributed by atoms with Gasteiger partial charge in [-0.05, 0) is 6.42 Å². The van der Waals surface area contributed by atoms with Crippen LogP contribution in [0.5, 0.6) is 0 Å². The zero-order valence-electron chi connectivity index (χ0n) is 10.7. The van der Waals surface area contributed by atoms with Crippen molar-refractivity contribution in [3.05, 3.63) is 0 Å². The molecule has 21 heavy (non-hydrogen) atoms. The van der Waals surface area contributed by atoms with E-state index in [0.717, 1.165) is 9.80 Å². The second kappa shape index (κ2) is 6.25. The molecule has 0 aliphatic carbocycles. The fourth-order valence-electron chi connectivity index (χ4n) is 2.36. The molecule has 0 aromatic rings. The Balaban J connectivity index is 2.38. The molecule has 0 bridgehead atoms. The minimum Gasteiger partial charge on any atom is -0.274 e. The molecule has 0 radical (unpaired) electrons. The number of nitrogens with zero attached hydrogens (tertiary/aromatic N) is 2. The van der Waals surface area contributed by atoms with E-state index in [1.54, 1.807) is 6.92 Å². The molecule has 0 unspecified atom stereocenters. The summed E-state index contributed by atoms with van der Waals surface area (Å²) in [7, 11) is 0. The lowest BCUT2D eigenvalue weighted by molar-refractivity contribution is -0.154. The average Bonchev–Trinajstić information content (AvgIpc) is 2.66. The third-order valence-electron chi connectivity index (χ3n) is 3.31. The van der Waals surface area contributed by atoms with Crippen LogP contribution in [0.3, 0.4) is 0 Å². The van der Waals surface area contributed by atoms with E-state index in [0.29, 0.717) is 6.42 Å². The van der Waals surface area contributed by atoms with Crippen LogP contribution in [0.4, 0.5) is 0 Å². The van der Waals surface area contributed by atoms with Gasteiger partial charge in [0.25, 0.3) is 11.8 Å². The van der Waals surface area contributed by atoms with Crippen LogP contribution in [-0.2, 0) is 19.2 Å². The molecule has 0 saturated carbocycles. The van der Waals surface area contributed by atoms with Crippen LogP contribution in [0.15, 0.2) is 0 Å². The Kier molecular flexibility index (Phi) is 5.52. The summed E-state index contributed by atoms with van der Waals surface area (Å²) < 4.78 is -1.67. The quantitative estimate of drug-likeness (QED) is 0.253. The maximum Gasteiger partial charge on any atom is 0.257 e. The third kappa shape index (κ3) is 3.23. The van der Waals surface area contributed by atoms with Crippen LogP contribution in [0.25, 0.3) is 0 Å². The standard InChI is InChI=1S/C11H10I4N2O4/c1-2-5(16-6(18)3-10(12,13)8(16)20)17-7(19)4-11(14,15)9(17)21/h5H,2-4H2,1H3. The van der Waals surface area contributed by atoms with Crippen molar-refractivity contribution in [2.24, 2.45) is 0 Å². The number of hydrogen-bond donors (Lipinski definition) is 0. The summed E-state index contributed by atoms with van der Waals surface area (Å²) in [5, 5.41) is 0. The van der Waals surface area contributed by atoms with Gasteiger partial charge in [0.1, 0.15) is 6.17 Å². The van der Waals surface area contributed by atoms with Gasteiger partial charge < -0.3 is 0 Å². The predicted octanol–water partition coefficient (Wildman–Crippen LogP) is 2.37. The summed E-state index contributed by atoms with van der Waals surface area (Å²) in [4.78, 5) is 51.3. The zero-order chi connectivity index (χ0) is 16.2. The molecule has 0 spiro atoms. The summed E-state index contributed by atoms with van der Waals surface area (Å²) in [6.45, 7) is 1.76. The first-order chi connectivity index (χ1) is 9.53. The molecule has 2 rings (SSSR count). The second-order valence-corrected chi connectivity index (χ2v) is 16.3. The van der Waals surface area contributed by atoms with Crippen molar-refractivity contribution in [3.63, 3.8) is 0 Å². The number of hydrogen-bond acceptors (Lipinski definition) is 4. The molecular weight excluding hydrogens is 732 g/mol. The number of carbonyl (C=O) groups is 4. The monoisotopic (exact) mass is 742 g/mol. The highest BCUT2D eigenvalue weighted by atomic mass is 127. The maximum absolute atomic E-state index is 12.4. The number of rotatable bonds is 3. The molecule has 0 atom stereocenters. The molecule has 2 saturated heterocycles. The Hall–Kier alpha value is 1.20. The normalized spacial score (nSPS) is 24.7. The summed E-state index contributed by atoms with van der Waals surface area (Å²) in [6, 6.07) is 0. The Morgan fingerprint density at radius 3 is 1.43 bits per heavy atom. The molecule has 0 N–H and O–H groups in total. The van der Waals surface area contributed by atoms with Crippen molar-refractivity contribution in [1.82, 2.24) is 9.80 Å². The van der Waals surface area contributed by atoms with Gasteiger partial charge >= 0.3 is 0 Å². The summed E-state index contributed by atoms with van der Waals surface area (Å²) in [6.07, 6.45) is -0.317. The molecule has 10 heteroatoms. The minimum atomic E-state index is -0.836. The topological polar surface area (TPSA) is 74.8 Å². The first-order valence-corrected chi connectivity index (χ1v) is 10.3. The third-order valence-corrected chi connectivity index (χ3v) is 6.68. The molecule has 2 fully saturated rings. The fourth-order valence-corrected chi connectivity index (χ4v) is 4.71. The van der Waals surface area contributed by atoms with Gasteiger partial charge in [0.2, 0.25) is 11.8 Å². The number of likely N-dealkylation sites (tertiary alicyclic amines) is 2. The van der Waals surface area contributed by atoms with E-state index in [-0.39, 0.29) is 36.5 Å². The van der Waals surface area contributed by atoms with Crippen LogP contribution < -0.4 is 0 Å². The molecule has 4 amide bonds. The molecule has 0 aromatic heterocycles. The molecule has 6 nitrogen and oxygen atoms in total. The molecular formula is C11H10I4N2O4.